The molecule has 2 rings (SSSR count). The Kier molecular flexibility index (Phi) is 7.66. The molecule has 0 heterocycles. The minimum Gasteiger partial charge on any atom is -0.454 e. The summed E-state index contributed by atoms with van der Waals surface area (Å²) >= 11 is 5.79. The van der Waals surface area contributed by atoms with Gasteiger partial charge in [-0.1, -0.05) is 11.6 Å². The van der Waals surface area contributed by atoms with Crippen LogP contribution in [0, 0.1) is 5.82 Å². The first-order valence-corrected chi connectivity index (χ1v) is 8.19. The van der Waals surface area contributed by atoms with Gasteiger partial charge in [-0.3, -0.25) is 4.79 Å². The molecule has 0 aliphatic carbocycles. The van der Waals surface area contributed by atoms with Crippen molar-refractivity contribution in [3.8, 4) is 11.5 Å². The number of rotatable bonds is 9. The smallest absolute Gasteiger partial charge is 0.251 e. The van der Waals surface area contributed by atoms with Gasteiger partial charge >= 0.3 is 0 Å². The second-order valence-corrected chi connectivity index (χ2v) is 5.64. The van der Waals surface area contributed by atoms with E-state index in [-0.39, 0.29) is 17.2 Å². The van der Waals surface area contributed by atoms with Crippen molar-refractivity contribution in [2.24, 2.45) is 0 Å². The van der Waals surface area contributed by atoms with Crippen molar-refractivity contribution >= 4 is 17.5 Å². The van der Waals surface area contributed by atoms with Gasteiger partial charge in [0.15, 0.2) is 11.6 Å². The highest BCUT2D eigenvalue weighted by Crippen LogP contribution is 2.26. The standard InChI is InChI=1S/C18H20ClFN2O3/c1-24-11-10-21-8-9-22-18(23)13-2-7-17(16(20)12-13)25-15-5-3-14(19)4-6-15/h2-7,12,21H,8-11H2,1H3,(H,22,23). The van der Waals surface area contributed by atoms with E-state index < -0.39 is 5.82 Å². The molecule has 0 saturated heterocycles. The third-order valence-electron chi connectivity index (χ3n) is 3.31. The lowest BCUT2D eigenvalue weighted by molar-refractivity contribution is 0.0953. The van der Waals surface area contributed by atoms with Crippen molar-refractivity contribution in [2.45, 2.75) is 0 Å². The molecule has 25 heavy (non-hydrogen) atoms. The number of benzene rings is 2. The Balaban J connectivity index is 1.87. The number of carbonyl (C=O) groups excluding carboxylic acids is 1. The predicted molar refractivity (Wildman–Crippen MR) is 95.0 cm³/mol. The number of methoxy groups -OCH3 is 1. The Labute approximate surface area is 151 Å². The van der Waals surface area contributed by atoms with Crippen LogP contribution in [0.3, 0.4) is 0 Å². The van der Waals surface area contributed by atoms with Crippen molar-refractivity contribution in [1.82, 2.24) is 10.6 Å². The van der Waals surface area contributed by atoms with Crippen LogP contribution in [0.5, 0.6) is 11.5 Å². The molecule has 2 N–H and O–H groups in total. The molecule has 134 valence electrons. The van der Waals surface area contributed by atoms with E-state index in [4.69, 9.17) is 21.1 Å². The summed E-state index contributed by atoms with van der Waals surface area (Å²) in [7, 11) is 1.62. The molecule has 0 aromatic heterocycles. The van der Waals surface area contributed by atoms with E-state index in [0.717, 1.165) is 6.07 Å². The fourth-order valence-corrected chi connectivity index (χ4v) is 2.15. The first-order valence-electron chi connectivity index (χ1n) is 7.81. The lowest BCUT2D eigenvalue weighted by Crippen LogP contribution is -2.33. The molecule has 2 aromatic carbocycles. The van der Waals surface area contributed by atoms with E-state index in [0.29, 0.717) is 37.0 Å². The van der Waals surface area contributed by atoms with E-state index in [9.17, 15) is 9.18 Å². The van der Waals surface area contributed by atoms with Crippen LogP contribution in [0.1, 0.15) is 10.4 Å². The van der Waals surface area contributed by atoms with Crippen LogP contribution in [0.2, 0.25) is 5.02 Å². The van der Waals surface area contributed by atoms with Crippen molar-refractivity contribution in [3.63, 3.8) is 0 Å². The van der Waals surface area contributed by atoms with Crippen LogP contribution in [0.25, 0.3) is 0 Å². The molecule has 2 aromatic rings. The molecule has 0 unspecified atom stereocenters. The van der Waals surface area contributed by atoms with Crippen LogP contribution in [0.4, 0.5) is 4.39 Å². The Morgan fingerprint density at radius 2 is 1.88 bits per heavy atom. The fourth-order valence-electron chi connectivity index (χ4n) is 2.02. The minimum absolute atomic E-state index is 0.0418. The quantitative estimate of drug-likeness (QED) is 0.669. The summed E-state index contributed by atoms with van der Waals surface area (Å²) in [4.78, 5) is 12.0. The van der Waals surface area contributed by atoms with Crippen LogP contribution in [-0.4, -0.2) is 39.3 Å². The van der Waals surface area contributed by atoms with Gasteiger partial charge in [0.25, 0.3) is 5.91 Å². The topological polar surface area (TPSA) is 59.6 Å². The highest BCUT2D eigenvalue weighted by atomic mass is 35.5. The Hall–Kier alpha value is -2.15. The van der Waals surface area contributed by atoms with Crippen molar-refractivity contribution in [1.29, 1.82) is 0 Å². The summed E-state index contributed by atoms with van der Waals surface area (Å²) in [6.45, 7) is 2.36. The number of hydrogen-bond acceptors (Lipinski definition) is 4. The molecule has 0 fully saturated rings. The average Bonchev–Trinajstić information content (AvgIpc) is 2.61. The van der Waals surface area contributed by atoms with Crippen LogP contribution < -0.4 is 15.4 Å². The molecule has 0 saturated carbocycles. The SMILES string of the molecule is COCCNCCNC(=O)c1ccc(Oc2ccc(Cl)cc2)c(F)c1. The van der Waals surface area contributed by atoms with E-state index in [1.807, 2.05) is 0 Å². The highest BCUT2D eigenvalue weighted by molar-refractivity contribution is 6.30. The van der Waals surface area contributed by atoms with Gasteiger partial charge in [-0.05, 0) is 42.5 Å². The minimum atomic E-state index is -0.610. The number of nitrogens with one attached hydrogen (secondary N) is 2. The Morgan fingerprint density at radius 3 is 2.56 bits per heavy atom. The first-order chi connectivity index (χ1) is 12.1. The fraction of sp³-hybridized carbons (Fsp3) is 0.278. The third kappa shape index (κ3) is 6.34. The predicted octanol–water partition coefficient (Wildman–Crippen LogP) is 3.24. The summed E-state index contributed by atoms with van der Waals surface area (Å²) in [5, 5.41) is 6.38. The van der Waals surface area contributed by atoms with Gasteiger partial charge < -0.3 is 20.1 Å². The number of halogens is 2. The van der Waals surface area contributed by atoms with Gasteiger partial charge in [0, 0.05) is 37.3 Å². The average molecular weight is 367 g/mol. The molecule has 0 atom stereocenters. The summed E-state index contributed by atoms with van der Waals surface area (Å²) < 4.78 is 24.5. The van der Waals surface area contributed by atoms with Gasteiger partial charge in [0.05, 0.1) is 6.61 Å². The zero-order chi connectivity index (χ0) is 18.1. The molecule has 0 radical (unpaired) electrons. The van der Waals surface area contributed by atoms with E-state index in [1.54, 1.807) is 31.4 Å². The number of amides is 1. The molecule has 0 aliphatic heterocycles. The van der Waals surface area contributed by atoms with Crippen molar-refractivity contribution < 1.29 is 18.7 Å². The van der Waals surface area contributed by atoms with Crippen LogP contribution in [0.15, 0.2) is 42.5 Å². The molecule has 0 spiro atoms. The van der Waals surface area contributed by atoms with E-state index in [1.165, 1.54) is 12.1 Å². The maximum atomic E-state index is 14.1. The van der Waals surface area contributed by atoms with Gasteiger partial charge in [0.1, 0.15) is 5.75 Å². The maximum Gasteiger partial charge on any atom is 0.251 e. The molecular weight excluding hydrogens is 347 g/mol. The molecule has 0 bridgehead atoms. The Bertz CT molecular complexity index is 695. The van der Waals surface area contributed by atoms with Crippen molar-refractivity contribution in [2.75, 3.05) is 33.4 Å². The van der Waals surface area contributed by atoms with Gasteiger partial charge in [-0.15, -0.1) is 0 Å². The number of carbonyl (C=O) groups is 1. The molecule has 0 aliphatic rings. The number of hydrogen-bond donors (Lipinski definition) is 2. The number of ether oxygens (including phenoxy) is 2. The van der Waals surface area contributed by atoms with E-state index in [2.05, 4.69) is 10.6 Å². The summed E-state index contributed by atoms with van der Waals surface area (Å²) in [6, 6.07) is 10.7. The molecule has 7 heteroatoms. The zero-order valence-corrected chi connectivity index (χ0v) is 14.6. The molecule has 5 nitrogen and oxygen atoms in total. The lowest BCUT2D eigenvalue weighted by Gasteiger charge is -2.09. The van der Waals surface area contributed by atoms with Crippen LogP contribution in [-0.2, 0) is 4.74 Å². The Morgan fingerprint density at radius 1 is 1.12 bits per heavy atom. The maximum absolute atomic E-state index is 14.1. The van der Waals surface area contributed by atoms with E-state index >= 15 is 0 Å². The molecule has 1 amide bonds. The second kappa shape index (κ2) is 9.98. The largest absolute Gasteiger partial charge is 0.454 e. The summed E-state index contributed by atoms with van der Waals surface area (Å²) in [6.07, 6.45) is 0. The van der Waals surface area contributed by atoms with Gasteiger partial charge in [-0.25, -0.2) is 4.39 Å². The van der Waals surface area contributed by atoms with Crippen LogP contribution >= 0.6 is 11.6 Å². The third-order valence-corrected chi connectivity index (χ3v) is 3.56. The lowest BCUT2D eigenvalue weighted by atomic mass is 10.2. The monoisotopic (exact) mass is 366 g/mol. The zero-order valence-electron chi connectivity index (χ0n) is 13.9. The van der Waals surface area contributed by atoms with Gasteiger partial charge in [0.2, 0.25) is 0 Å². The first kappa shape index (κ1) is 19.2. The second-order valence-electron chi connectivity index (χ2n) is 5.20. The van der Waals surface area contributed by atoms with Crippen molar-refractivity contribution in [3.05, 3.63) is 58.9 Å². The normalized spacial score (nSPS) is 10.5. The summed E-state index contributed by atoms with van der Waals surface area (Å²) in [5.41, 5.74) is 0.234. The van der Waals surface area contributed by atoms with Gasteiger partial charge in [-0.2, -0.15) is 0 Å². The molecular formula is C18H20ClFN2O3. The highest BCUT2D eigenvalue weighted by Gasteiger charge is 2.11. The summed E-state index contributed by atoms with van der Waals surface area (Å²) in [5.74, 6) is -0.450.